The van der Waals surface area contributed by atoms with Crippen LogP contribution >= 0.6 is 11.8 Å². The minimum atomic E-state index is -0.232. The Kier molecular flexibility index (Phi) is 8.08. The first-order valence-electron chi connectivity index (χ1n) is 12.0. The lowest BCUT2D eigenvalue weighted by atomic mass is 9.87. The molecular weight excluding hydrogens is 482 g/mol. The van der Waals surface area contributed by atoms with Crippen LogP contribution in [0.3, 0.4) is 0 Å². The lowest BCUT2D eigenvalue weighted by Gasteiger charge is -2.19. The van der Waals surface area contributed by atoms with E-state index < -0.39 is 0 Å². The smallest absolute Gasteiger partial charge is 0.250 e. The highest BCUT2D eigenvalue weighted by atomic mass is 32.2. The SMILES string of the molecule is COc1ccc(/C=N\NC(=O)CSc2nnc(-c3ccc(C(C)(C)C)cc3)n2-c2ccc(C)cc2)cc1. The molecule has 4 rings (SSSR count). The summed E-state index contributed by atoms with van der Waals surface area (Å²) < 4.78 is 7.14. The average molecular weight is 514 g/mol. The van der Waals surface area contributed by atoms with E-state index in [1.807, 2.05) is 41.0 Å². The van der Waals surface area contributed by atoms with E-state index in [-0.39, 0.29) is 17.1 Å². The zero-order chi connectivity index (χ0) is 26.4. The van der Waals surface area contributed by atoms with Gasteiger partial charge in [-0.1, -0.05) is 74.5 Å². The van der Waals surface area contributed by atoms with E-state index in [4.69, 9.17) is 4.74 Å². The van der Waals surface area contributed by atoms with Crippen molar-refractivity contribution >= 4 is 23.9 Å². The summed E-state index contributed by atoms with van der Waals surface area (Å²) in [4.78, 5) is 12.5. The molecule has 37 heavy (non-hydrogen) atoms. The summed E-state index contributed by atoms with van der Waals surface area (Å²) in [7, 11) is 1.62. The molecule has 1 N–H and O–H groups in total. The standard InChI is InChI=1S/C29H31N5O2S/c1-20-6-14-24(15-7-20)34-27(22-10-12-23(13-11-22)29(2,3)4)32-33-28(34)37-19-26(35)31-30-18-21-8-16-25(36-5)17-9-21/h6-18H,19H2,1-5H3,(H,31,35)/b30-18-. The highest BCUT2D eigenvalue weighted by Gasteiger charge is 2.19. The van der Waals surface area contributed by atoms with Gasteiger partial charge in [0.25, 0.3) is 5.91 Å². The van der Waals surface area contributed by atoms with Crippen LogP contribution in [0, 0.1) is 6.92 Å². The molecule has 0 bridgehead atoms. The number of hydrazone groups is 1. The summed E-state index contributed by atoms with van der Waals surface area (Å²) in [5, 5.41) is 13.6. The van der Waals surface area contributed by atoms with E-state index in [2.05, 4.69) is 84.8 Å². The van der Waals surface area contributed by atoms with Crippen molar-refractivity contribution in [1.82, 2.24) is 20.2 Å². The minimum absolute atomic E-state index is 0.0629. The van der Waals surface area contributed by atoms with Crippen LogP contribution in [0.4, 0.5) is 0 Å². The zero-order valence-corrected chi connectivity index (χ0v) is 22.5. The number of thioether (sulfide) groups is 1. The summed E-state index contributed by atoms with van der Waals surface area (Å²) in [6.07, 6.45) is 1.59. The highest BCUT2D eigenvalue weighted by molar-refractivity contribution is 7.99. The number of nitrogens with one attached hydrogen (secondary N) is 1. The van der Waals surface area contributed by atoms with Crippen LogP contribution in [0.1, 0.15) is 37.5 Å². The molecule has 0 spiro atoms. The monoisotopic (exact) mass is 513 g/mol. The van der Waals surface area contributed by atoms with E-state index in [1.54, 1.807) is 13.3 Å². The van der Waals surface area contributed by atoms with E-state index in [9.17, 15) is 4.79 Å². The third-order valence-electron chi connectivity index (χ3n) is 5.79. The molecule has 190 valence electrons. The summed E-state index contributed by atoms with van der Waals surface area (Å²) in [5.74, 6) is 1.40. The van der Waals surface area contributed by atoms with Gasteiger partial charge in [-0.15, -0.1) is 10.2 Å². The number of amides is 1. The number of ether oxygens (including phenoxy) is 1. The van der Waals surface area contributed by atoms with Gasteiger partial charge in [0.15, 0.2) is 11.0 Å². The first-order valence-corrected chi connectivity index (χ1v) is 13.0. The number of benzene rings is 3. The predicted octanol–water partition coefficient (Wildman–Crippen LogP) is 5.79. The van der Waals surface area contributed by atoms with Gasteiger partial charge in [-0.05, 0) is 59.9 Å². The van der Waals surface area contributed by atoms with Crippen LogP contribution in [0.5, 0.6) is 5.75 Å². The molecule has 3 aromatic carbocycles. The Balaban J connectivity index is 1.51. The van der Waals surface area contributed by atoms with Crippen molar-refractivity contribution in [1.29, 1.82) is 0 Å². The summed E-state index contributed by atoms with van der Waals surface area (Å²) in [6, 6.07) is 24.0. The van der Waals surface area contributed by atoms with E-state index in [0.29, 0.717) is 5.16 Å². The number of nitrogens with zero attached hydrogens (tertiary/aromatic N) is 4. The van der Waals surface area contributed by atoms with Crippen LogP contribution in [-0.4, -0.2) is 39.7 Å². The van der Waals surface area contributed by atoms with Crippen LogP contribution < -0.4 is 10.2 Å². The van der Waals surface area contributed by atoms with E-state index in [1.165, 1.54) is 17.3 Å². The quantitative estimate of drug-likeness (QED) is 0.183. The Labute approximate surface area is 222 Å². The summed E-state index contributed by atoms with van der Waals surface area (Å²) in [6.45, 7) is 8.63. The molecule has 1 heterocycles. The van der Waals surface area contributed by atoms with Gasteiger partial charge >= 0.3 is 0 Å². The van der Waals surface area contributed by atoms with Crippen LogP contribution in [0.25, 0.3) is 17.1 Å². The number of hydrogen-bond donors (Lipinski definition) is 1. The maximum absolute atomic E-state index is 12.5. The minimum Gasteiger partial charge on any atom is -0.497 e. The lowest BCUT2D eigenvalue weighted by Crippen LogP contribution is -2.20. The molecule has 0 unspecified atom stereocenters. The van der Waals surface area contributed by atoms with E-state index in [0.717, 1.165) is 34.0 Å². The van der Waals surface area contributed by atoms with Gasteiger partial charge < -0.3 is 4.74 Å². The predicted molar refractivity (Wildman–Crippen MR) is 150 cm³/mol. The van der Waals surface area contributed by atoms with Crippen molar-refractivity contribution in [2.45, 2.75) is 38.3 Å². The molecule has 0 atom stereocenters. The highest BCUT2D eigenvalue weighted by Crippen LogP contribution is 2.30. The van der Waals surface area contributed by atoms with Crippen molar-refractivity contribution in [2.75, 3.05) is 12.9 Å². The Bertz CT molecular complexity index is 1370. The van der Waals surface area contributed by atoms with Gasteiger partial charge in [-0.2, -0.15) is 5.10 Å². The van der Waals surface area contributed by atoms with Crippen molar-refractivity contribution in [3.8, 4) is 22.8 Å². The summed E-state index contributed by atoms with van der Waals surface area (Å²) in [5.41, 5.74) is 7.80. The number of aromatic nitrogens is 3. The Morgan fingerprint density at radius 3 is 2.30 bits per heavy atom. The average Bonchev–Trinajstić information content (AvgIpc) is 3.32. The second-order valence-corrected chi connectivity index (χ2v) is 10.6. The number of carbonyl (C=O) groups is 1. The molecule has 1 amide bonds. The molecular formula is C29H31N5O2S. The normalized spacial score (nSPS) is 11.6. The van der Waals surface area contributed by atoms with Crippen molar-refractivity contribution in [3.63, 3.8) is 0 Å². The Hall–Kier alpha value is -3.91. The topological polar surface area (TPSA) is 81.4 Å². The number of aryl methyl sites for hydroxylation is 1. The lowest BCUT2D eigenvalue weighted by molar-refractivity contribution is -0.118. The van der Waals surface area contributed by atoms with Crippen LogP contribution in [-0.2, 0) is 10.2 Å². The third-order valence-corrected chi connectivity index (χ3v) is 6.71. The van der Waals surface area contributed by atoms with Gasteiger partial charge in [0, 0.05) is 11.3 Å². The first-order chi connectivity index (χ1) is 17.7. The molecule has 0 aliphatic carbocycles. The molecule has 1 aromatic heterocycles. The second-order valence-electron chi connectivity index (χ2n) is 9.66. The van der Waals surface area contributed by atoms with Crippen LogP contribution in [0.2, 0.25) is 0 Å². The van der Waals surface area contributed by atoms with Crippen LogP contribution in [0.15, 0.2) is 83.1 Å². The molecule has 0 aliphatic heterocycles. The van der Waals surface area contributed by atoms with Gasteiger partial charge in [0.05, 0.1) is 19.1 Å². The Morgan fingerprint density at radius 2 is 1.68 bits per heavy atom. The molecule has 0 radical (unpaired) electrons. The van der Waals surface area contributed by atoms with Gasteiger partial charge in [-0.3, -0.25) is 9.36 Å². The number of methoxy groups -OCH3 is 1. The number of carbonyl (C=O) groups excluding carboxylic acids is 1. The Morgan fingerprint density at radius 1 is 1.00 bits per heavy atom. The third kappa shape index (κ3) is 6.65. The van der Waals surface area contributed by atoms with Crippen molar-refractivity contribution < 1.29 is 9.53 Å². The van der Waals surface area contributed by atoms with Crippen molar-refractivity contribution in [2.24, 2.45) is 5.10 Å². The fourth-order valence-corrected chi connectivity index (χ4v) is 4.37. The van der Waals surface area contributed by atoms with Crippen molar-refractivity contribution in [3.05, 3.63) is 89.5 Å². The molecule has 0 aliphatic rings. The maximum atomic E-state index is 12.5. The van der Waals surface area contributed by atoms with Gasteiger partial charge in [0.1, 0.15) is 5.75 Å². The molecule has 0 fully saturated rings. The first kappa shape index (κ1) is 26.2. The molecule has 0 saturated heterocycles. The molecule has 4 aromatic rings. The number of hydrogen-bond acceptors (Lipinski definition) is 6. The maximum Gasteiger partial charge on any atom is 0.250 e. The zero-order valence-electron chi connectivity index (χ0n) is 21.7. The molecule has 8 heteroatoms. The van der Waals surface area contributed by atoms with Gasteiger partial charge in [0.2, 0.25) is 0 Å². The molecule has 7 nitrogen and oxygen atoms in total. The fraction of sp³-hybridized carbons (Fsp3) is 0.241. The largest absolute Gasteiger partial charge is 0.497 e. The fourth-order valence-electron chi connectivity index (χ4n) is 3.63. The number of rotatable bonds is 8. The molecule has 0 saturated carbocycles. The van der Waals surface area contributed by atoms with E-state index >= 15 is 0 Å². The van der Waals surface area contributed by atoms with Gasteiger partial charge in [-0.25, -0.2) is 5.43 Å². The second kappa shape index (κ2) is 11.4. The summed E-state index contributed by atoms with van der Waals surface area (Å²) >= 11 is 1.32.